The molecule has 1 aromatic carbocycles. The lowest BCUT2D eigenvalue weighted by molar-refractivity contribution is -0.160. The van der Waals surface area contributed by atoms with Gasteiger partial charge in [-0.25, -0.2) is 0 Å². The van der Waals surface area contributed by atoms with E-state index in [-0.39, 0.29) is 0 Å². The molecule has 1 spiro atoms. The van der Waals surface area contributed by atoms with Gasteiger partial charge in [-0.05, 0) is 48.8 Å². The number of nitrogens with two attached hydrogens (primary N) is 1. The molecule has 0 aromatic heterocycles. The molecule has 1 aromatic rings. The Labute approximate surface area is 101 Å². The largest absolute Gasteiger partial charge is 0.481 e. The van der Waals surface area contributed by atoms with Crippen molar-refractivity contribution in [3.05, 3.63) is 29.8 Å². The molecule has 2 aliphatic carbocycles. The van der Waals surface area contributed by atoms with Gasteiger partial charge < -0.3 is 10.8 Å². The predicted octanol–water partition coefficient (Wildman–Crippen LogP) is 2.56. The van der Waals surface area contributed by atoms with Crippen LogP contribution < -0.4 is 5.73 Å². The average Bonchev–Trinajstić information content (AvgIpc) is 2.16. The molecule has 0 heterocycles. The SMILES string of the molecule is Nc1ccc(C2(C(=O)O)CC3(CCC3)C2)cc1. The van der Waals surface area contributed by atoms with E-state index in [0.717, 1.165) is 18.4 Å². The van der Waals surface area contributed by atoms with Crippen molar-refractivity contribution in [2.24, 2.45) is 5.41 Å². The van der Waals surface area contributed by atoms with Gasteiger partial charge in [0.2, 0.25) is 0 Å². The highest BCUT2D eigenvalue weighted by Gasteiger charge is 2.61. The number of carboxylic acid groups (broad SMARTS) is 1. The first-order valence-corrected chi connectivity index (χ1v) is 6.16. The minimum atomic E-state index is -0.681. The van der Waals surface area contributed by atoms with Gasteiger partial charge in [0.05, 0.1) is 5.41 Å². The number of anilines is 1. The molecule has 3 nitrogen and oxygen atoms in total. The number of benzene rings is 1. The summed E-state index contributed by atoms with van der Waals surface area (Å²) in [6, 6.07) is 7.33. The van der Waals surface area contributed by atoms with Crippen LogP contribution in [0.5, 0.6) is 0 Å². The number of hydrogen-bond donors (Lipinski definition) is 2. The predicted molar refractivity (Wildman–Crippen MR) is 65.7 cm³/mol. The Balaban J connectivity index is 1.91. The lowest BCUT2D eigenvalue weighted by atomic mass is 9.44. The summed E-state index contributed by atoms with van der Waals surface area (Å²) < 4.78 is 0. The van der Waals surface area contributed by atoms with Crippen LogP contribution in [0.15, 0.2) is 24.3 Å². The molecule has 3 rings (SSSR count). The maximum atomic E-state index is 11.6. The summed E-state index contributed by atoms with van der Waals surface area (Å²) >= 11 is 0. The molecule has 0 saturated heterocycles. The monoisotopic (exact) mass is 231 g/mol. The third kappa shape index (κ3) is 1.38. The fourth-order valence-electron chi connectivity index (χ4n) is 3.54. The molecule has 2 aliphatic rings. The molecule has 3 N–H and O–H groups in total. The van der Waals surface area contributed by atoms with Crippen LogP contribution in [0, 0.1) is 5.41 Å². The molecule has 0 amide bonds. The maximum absolute atomic E-state index is 11.6. The molecule has 0 radical (unpaired) electrons. The van der Waals surface area contributed by atoms with Crippen molar-refractivity contribution < 1.29 is 9.90 Å². The van der Waals surface area contributed by atoms with E-state index in [1.807, 2.05) is 12.1 Å². The number of carbonyl (C=O) groups is 1. The average molecular weight is 231 g/mol. The summed E-state index contributed by atoms with van der Waals surface area (Å²) in [7, 11) is 0. The zero-order valence-electron chi connectivity index (χ0n) is 9.78. The Kier molecular flexibility index (Phi) is 2.03. The second-order valence-electron chi connectivity index (χ2n) is 5.72. The molecular formula is C14H17NO2. The van der Waals surface area contributed by atoms with Crippen LogP contribution in [0.3, 0.4) is 0 Å². The Morgan fingerprint density at radius 1 is 1.18 bits per heavy atom. The van der Waals surface area contributed by atoms with Crippen LogP contribution in [-0.2, 0) is 10.2 Å². The highest BCUT2D eigenvalue weighted by atomic mass is 16.4. The third-order valence-corrected chi connectivity index (χ3v) is 4.64. The molecule has 0 atom stereocenters. The lowest BCUT2D eigenvalue weighted by Gasteiger charge is -2.59. The van der Waals surface area contributed by atoms with Gasteiger partial charge in [-0.3, -0.25) is 4.79 Å². The van der Waals surface area contributed by atoms with Crippen molar-refractivity contribution in [1.29, 1.82) is 0 Å². The van der Waals surface area contributed by atoms with Crippen LogP contribution in [0.4, 0.5) is 5.69 Å². The molecular weight excluding hydrogens is 214 g/mol. The van der Waals surface area contributed by atoms with E-state index in [4.69, 9.17) is 5.73 Å². The van der Waals surface area contributed by atoms with E-state index in [0.29, 0.717) is 11.1 Å². The van der Waals surface area contributed by atoms with Gasteiger partial charge in [-0.15, -0.1) is 0 Å². The minimum absolute atomic E-state index is 0.347. The molecule has 2 saturated carbocycles. The molecule has 90 valence electrons. The van der Waals surface area contributed by atoms with Gasteiger partial charge in [0.1, 0.15) is 0 Å². The zero-order valence-corrected chi connectivity index (χ0v) is 9.78. The first kappa shape index (κ1) is 10.6. The number of aliphatic carboxylic acids is 1. The van der Waals surface area contributed by atoms with E-state index < -0.39 is 11.4 Å². The Morgan fingerprint density at radius 3 is 2.18 bits per heavy atom. The zero-order chi connectivity index (χ0) is 12.1. The highest BCUT2D eigenvalue weighted by Crippen LogP contribution is 2.65. The van der Waals surface area contributed by atoms with Crippen molar-refractivity contribution in [3.8, 4) is 0 Å². The van der Waals surface area contributed by atoms with Gasteiger partial charge in [0.15, 0.2) is 0 Å². The molecule has 0 unspecified atom stereocenters. The lowest BCUT2D eigenvalue weighted by Crippen LogP contribution is -2.57. The first-order valence-electron chi connectivity index (χ1n) is 6.16. The molecule has 0 bridgehead atoms. The second kappa shape index (κ2) is 3.25. The second-order valence-corrected chi connectivity index (χ2v) is 5.72. The van der Waals surface area contributed by atoms with Gasteiger partial charge >= 0.3 is 5.97 Å². The van der Waals surface area contributed by atoms with Gasteiger partial charge in [0, 0.05) is 5.69 Å². The van der Waals surface area contributed by atoms with E-state index in [1.54, 1.807) is 12.1 Å². The molecule has 2 fully saturated rings. The molecule has 0 aliphatic heterocycles. The van der Waals surface area contributed by atoms with Crippen LogP contribution in [-0.4, -0.2) is 11.1 Å². The Morgan fingerprint density at radius 2 is 1.76 bits per heavy atom. The van der Waals surface area contributed by atoms with E-state index in [9.17, 15) is 9.90 Å². The van der Waals surface area contributed by atoms with Gasteiger partial charge in [-0.1, -0.05) is 18.6 Å². The summed E-state index contributed by atoms with van der Waals surface area (Å²) in [4.78, 5) is 11.6. The first-order chi connectivity index (χ1) is 8.06. The van der Waals surface area contributed by atoms with Gasteiger partial charge in [0.25, 0.3) is 0 Å². The number of rotatable bonds is 2. The number of hydrogen-bond acceptors (Lipinski definition) is 2. The van der Waals surface area contributed by atoms with Crippen molar-refractivity contribution in [2.45, 2.75) is 37.5 Å². The van der Waals surface area contributed by atoms with Crippen molar-refractivity contribution >= 4 is 11.7 Å². The summed E-state index contributed by atoms with van der Waals surface area (Å²) in [6.45, 7) is 0. The van der Waals surface area contributed by atoms with Crippen LogP contribution in [0.2, 0.25) is 0 Å². The van der Waals surface area contributed by atoms with Gasteiger partial charge in [-0.2, -0.15) is 0 Å². The third-order valence-electron chi connectivity index (χ3n) is 4.64. The van der Waals surface area contributed by atoms with E-state index >= 15 is 0 Å². The van der Waals surface area contributed by atoms with Crippen molar-refractivity contribution in [1.82, 2.24) is 0 Å². The summed E-state index contributed by atoms with van der Waals surface area (Å²) in [5.41, 5.74) is 6.95. The van der Waals surface area contributed by atoms with Crippen LogP contribution in [0.1, 0.15) is 37.7 Å². The van der Waals surface area contributed by atoms with Crippen LogP contribution in [0.25, 0.3) is 0 Å². The minimum Gasteiger partial charge on any atom is -0.481 e. The summed E-state index contributed by atoms with van der Waals surface area (Å²) in [5, 5.41) is 9.53. The fourth-order valence-corrected chi connectivity index (χ4v) is 3.54. The van der Waals surface area contributed by atoms with Crippen LogP contribution >= 0.6 is 0 Å². The Hall–Kier alpha value is -1.51. The highest BCUT2D eigenvalue weighted by molar-refractivity contribution is 5.83. The van der Waals surface area contributed by atoms with Crippen molar-refractivity contribution in [2.75, 3.05) is 5.73 Å². The number of nitrogen functional groups attached to an aromatic ring is 1. The standard InChI is InChI=1S/C14H17NO2/c15-11-4-2-10(3-5-11)14(12(16)17)8-13(9-14)6-1-7-13/h2-5H,1,6-9,15H2,(H,16,17). The molecule has 3 heteroatoms. The summed E-state index contributed by atoms with van der Waals surface area (Å²) in [5.74, 6) is -0.681. The van der Waals surface area contributed by atoms with E-state index in [1.165, 1.54) is 19.3 Å². The maximum Gasteiger partial charge on any atom is 0.314 e. The Bertz CT molecular complexity index is 452. The normalized spacial score (nSPS) is 23.8. The van der Waals surface area contributed by atoms with E-state index in [2.05, 4.69) is 0 Å². The quantitative estimate of drug-likeness (QED) is 0.769. The summed E-state index contributed by atoms with van der Waals surface area (Å²) in [6.07, 6.45) is 5.28. The van der Waals surface area contributed by atoms with Crippen molar-refractivity contribution in [3.63, 3.8) is 0 Å². The molecule has 17 heavy (non-hydrogen) atoms. The fraction of sp³-hybridized carbons (Fsp3) is 0.500. The smallest absolute Gasteiger partial charge is 0.314 e. The number of carboxylic acids is 1. The topological polar surface area (TPSA) is 63.3 Å².